The highest BCUT2D eigenvalue weighted by molar-refractivity contribution is 14.1. The van der Waals surface area contributed by atoms with Crippen LogP contribution in [0.5, 0.6) is 0 Å². The number of para-hydroxylation sites is 1. The molecule has 2 rings (SSSR count). The summed E-state index contributed by atoms with van der Waals surface area (Å²) in [7, 11) is 0. The molecule has 1 amide bonds. The smallest absolute Gasteiger partial charge is 0.246 e. The Labute approximate surface area is 131 Å². The van der Waals surface area contributed by atoms with Crippen molar-refractivity contribution in [2.24, 2.45) is 0 Å². The van der Waals surface area contributed by atoms with Crippen molar-refractivity contribution in [1.82, 2.24) is 20.3 Å². The predicted molar refractivity (Wildman–Crippen MR) is 85.2 cm³/mol. The highest BCUT2D eigenvalue weighted by Crippen LogP contribution is 2.16. The highest BCUT2D eigenvalue weighted by atomic mass is 127. The maximum absolute atomic E-state index is 11.9. The van der Waals surface area contributed by atoms with Crippen molar-refractivity contribution in [2.45, 2.75) is 20.0 Å². The highest BCUT2D eigenvalue weighted by Gasteiger charge is 2.07. The summed E-state index contributed by atoms with van der Waals surface area (Å²) < 4.78 is 2.54. The van der Waals surface area contributed by atoms with Gasteiger partial charge in [0.05, 0.1) is 17.6 Å². The van der Waals surface area contributed by atoms with Crippen LogP contribution >= 0.6 is 22.6 Å². The zero-order valence-corrected chi connectivity index (χ0v) is 13.3. The van der Waals surface area contributed by atoms with Crippen LogP contribution in [0.2, 0.25) is 0 Å². The lowest BCUT2D eigenvalue weighted by atomic mass is 10.3. The maximum Gasteiger partial charge on any atom is 0.246 e. The lowest BCUT2D eigenvalue weighted by Gasteiger charge is -2.06. The Morgan fingerprint density at radius 2 is 2.20 bits per heavy atom. The molecule has 0 aliphatic carbocycles. The number of nitrogens with zero attached hydrogens (tertiary/aromatic N) is 3. The maximum atomic E-state index is 11.9. The van der Waals surface area contributed by atoms with Crippen LogP contribution in [0, 0.1) is 3.57 Å². The van der Waals surface area contributed by atoms with Gasteiger partial charge in [0.15, 0.2) is 0 Å². The third kappa shape index (κ3) is 4.27. The van der Waals surface area contributed by atoms with Crippen molar-refractivity contribution >= 4 is 34.2 Å². The summed E-state index contributed by atoms with van der Waals surface area (Å²) in [6.45, 7) is 3.72. The predicted octanol–water partition coefficient (Wildman–Crippen LogP) is 1.63. The molecule has 1 aromatic carbocycles. The molecule has 0 saturated carbocycles. The van der Waals surface area contributed by atoms with Crippen molar-refractivity contribution < 1.29 is 4.79 Å². The Bertz CT molecular complexity index is 584. The van der Waals surface area contributed by atoms with Crippen molar-refractivity contribution in [3.8, 4) is 0 Å². The summed E-state index contributed by atoms with van der Waals surface area (Å²) in [5.74, 6) is -0.117. The second kappa shape index (κ2) is 7.34. The van der Waals surface area contributed by atoms with Crippen molar-refractivity contribution in [3.63, 3.8) is 0 Å². The number of carbonyl (C=O) groups is 1. The minimum atomic E-state index is -0.117. The van der Waals surface area contributed by atoms with Crippen LogP contribution in [0.4, 0.5) is 5.69 Å². The molecule has 2 aromatic rings. The molecule has 0 radical (unpaired) electrons. The summed E-state index contributed by atoms with van der Waals surface area (Å²) in [4.78, 5) is 11.9. The molecule has 2 N–H and O–H groups in total. The molecule has 0 bridgehead atoms. The van der Waals surface area contributed by atoms with E-state index in [-0.39, 0.29) is 12.5 Å². The third-order valence-corrected chi connectivity index (χ3v) is 3.54. The number of nitrogens with one attached hydrogen (secondary N) is 2. The van der Waals surface area contributed by atoms with Gasteiger partial charge in [-0.3, -0.25) is 4.79 Å². The molecule has 0 fully saturated rings. The van der Waals surface area contributed by atoms with E-state index in [0.29, 0.717) is 6.54 Å². The van der Waals surface area contributed by atoms with Gasteiger partial charge in [0.2, 0.25) is 5.91 Å². The largest absolute Gasteiger partial charge is 0.324 e. The standard InChI is InChI=1S/C13H16IN5O/c1-2-15-7-10-8-19(18-17-10)9-13(20)16-12-6-4-3-5-11(12)14/h3-6,8,15H,2,7,9H2,1H3,(H,16,20). The molecule has 0 aliphatic heterocycles. The first-order valence-corrected chi connectivity index (χ1v) is 7.41. The Kier molecular flexibility index (Phi) is 5.48. The van der Waals surface area contributed by atoms with Gasteiger partial charge in [-0.15, -0.1) is 5.10 Å². The average Bonchev–Trinajstić information content (AvgIpc) is 2.86. The zero-order valence-electron chi connectivity index (χ0n) is 11.1. The molecule has 0 unspecified atom stereocenters. The zero-order chi connectivity index (χ0) is 14.4. The van der Waals surface area contributed by atoms with Crippen molar-refractivity contribution in [1.29, 1.82) is 0 Å². The molecule has 1 heterocycles. The van der Waals surface area contributed by atoms with E-state index >= 15 is 0 Å². The van der Waals surface area contributed by atoms with Crippen molar-refractivity contribution in [3.05, 3.63) is 39.7 Å². The number of anilines is 1. The van der Waals surface area contributed by atoms with E-state index in [9.17, 15) is 4.79 Å². The van der Waals surface area contributed by atoms with Crippen LogP contribution in [0.1, 0.15) is 12.6 Å². The van der Waals surface area contributed by atoms with E-state index in [1.165, 1.54) is 4.68 Å². The summed E-state index contributed by atoms with van der Waals surface area (Å²) in [6, 6.07) is 7.64. The van der Waals surface area contributed by atoms with Crippen LogP contribution in [0.15, 0.2) is 30.5 Å². The monoisotopic (exact) mass is 385 g/mol. The van der Waals surface area contributed by atoms with E-state index in [0.717, 1.165) is 21.5 Å². The minimum absolute atomic E-state index is 0.117. The van der Waals surface area contributed by atoms with Gasteiger partial charge in [0.1, 0.15) is 6.54 Å². The molecule has 6 nitrogen and oxygen atoms in total. The van der Waals surface area contributed by atoms with Crippen LogP contribution in [-0.2, 0) is 17.9 Å². The van der Waals surface area contributed by atoms with Gasteiger partial charge in [-0.1, -0.05) is 24.3 Å². The van der Waals surface area contributed by atoms with Gasteiger partial charge in [0, 0.05) is 10.1 Å². The second-order valence-corrected chi connectivity index (χ2v) is 5.38. The molecule has 0 aliphatic rings. The fourth-order valence-electron chi connectivity index (χ4n) is 1.65. The van der Waals surface area contributed by atoms with Gasteiger partial charge in [0.25, 0.3) is 0 Å². The lowest BCUT2D eigenvalue weighted by molar-refractivity contribution is -0.116. The Morgan fingerprint density at radius 3 is 2.95 bits per heavy atom. The van der Waals surface area contributed by atoms with Crippen LogP contribution in [0.25, 0.3) is 0 Å². The number of hydrogen-bond donors (Lipinski definition) is 2. The molecule has 1 aromatic heterocycles. The Balaban J connectivity index is 1.91. The van der Waals surface area contributed by atoms with E-state index in [1.54, 1.807) is 6.20 Å². The Morgan fingerprint density at radius 1 is 1.40 bits per heavy atom. The molecule has 7 heteroatoms. The van der Waals surface area contributed by atoms with Gasteiger partial charge in [-0.2, -0.15) is 0 Å². The van der Waals surface area contributed by atoms with Crippen LogP contribution in [-0.4, -0.2) is 27.4 Å². The molecule has 0 saturated heterocycles. The first kappa shape index (κ1) is 14.9. The van der Waals surface area contributed by atoms with E-state index in [1.807, 2.05) is 31.2 Å². The molecular formula is C13H16IN5O. The SMILES string of the molecule is CCNCc1cn(CC(=O)Nc2ccccc2I)nn1. The summed E-state index contributed by atoms with van der Waals surface area (Å²) in [6.07, 6.45) is 1.78. The number of hydrogen-bond acceptors (Lipinski definition) is 4. The normalized spacial score (nSPS) is 10.5. The summed E-state index contributed by atoms with van der Waals surface area (Å²) >= 11 is 2.19. The second-order valence-electron chi connectivity index (χ2n) is 4.22. The Hall–Kier alpha value is -1.48. The third-order valence-electron chi connectivity index (χ3n) is 2.60. The fraction of sp³-hybridized carbons (Fsp3) is 0.308. The van der Waals surface area contributed by atoms with Crippen LogP contribution < -0.4 is 10.6 Å². The first-order chi connectivity index (χ1) is 9.69. The molecule has 0 spiro atoms. The minimum Gasteiger partial charge on any atom is -0.324 e. The van der Waals surface area contributed by atoms with Crippen molar-refractivity contribution in [2.75, 3.05) is 11.9 Å². The molecule has 20 heavy (non-hydrogen) atoms. The van der Waals surface area contributed by atoms with Gasteiger partial charge in [-0.05, 0) is 41.3 Å². The number of amides is 1. The number of aromatic nitrogens is 3. The summed E-state index contributed by atoms with van der Waals surface area (Å²) in [5.41, 5.74) is 1.64. The quantitative estimate of drug-likeness (QED) is 0.742. The number of rotatable bonds is 6. The topological polar surface area (TPSA) is 71.8 Å². The average molecular weight is 385 g/mol. The van der Waals surface area contributed by atoms with Gasteiger partial charge < -0.3 is 10.6 Å². The lowest BCUT2D eigenvalue weighted by Crippen LogP contribution is -2.19. The summed E-state index contributed by atoms with van der Waals surface area (Å²) in [5, 5.41) is 14.0. The molecular weight excluding hydrogens is 369 g/mol. The molecule has 106 valence electrons. The van der Waals surface area contributed by atoms with Gasteiger partial charge >= 0.3 is 0 Å². The van der Waals surface area contributed by atoms with E-state index < -0.39 is 0 Å². The molecule has 0 atom stereocenters. The fourth-order valence-corrected chi connectivity index (χ4v) is 2.17. The first-order valence-electron chi connectivity index (χ1n) is 6.33. The number of carbonyl (C=O) groups excluding carboxylic acids is 1. The van der Waals surface area contributed by atoms with E-state index in [4.69, 9.17) is 0 Å². The van der Waals surface area contributed by atoms with Crippen LogP contribution in [0.3, 0.4) is 0 Å². The van der Waals surface area contributed by atoms with Gasteiger partial charge in [-0.25, -0.2) is 4.68 Å². The number of halogens is 1. The van der Waals surface area contributed by atoms with E-state index in [2.05, 4.69) is 43.5 Å². The number of benzene rings is 1.